The number of rotatable bonds is 5. The summed E-state index contributed by atoms with van der Waals surface area (Å²) in [4.78, 5) is 16.0. The van der Waals surface area contributed by atoms with E-state index in [1.165, 1.54) is 0 Å². The quantitative estimate of drug-likeness (QED) is 0.865. The van der Waals surface area contributed by atoms with E-state index in [1.807, 2.05) is 43.3 Å². The lowest BCUT2D eigenvalue weighted by molar-refractivity contribution is -0.134. The molecule has 1 saturated heterocycles. The number of halogens is 1. The number of aliphatic hydroxyl groups is 1. The third-order valence-electron chi connectivity index (χ3n) is 3.46. The predicted octanol–water partition coefficient (Wildman–Crippen LogP) is 1.35. The minimum absolute atomic E-state index is 0.00171. The van der Waals surface area contributed by atoms with E-state index >= 15 is 0 Å². The molecule has 0 aromatic heterocycles. The van der Waals surface area contributed by atoms with Crippen molar-refractivity contribution in [3.05, 3.63) is 28.7 Å². The van der Waals surface area contributed by atoms with Gasteiger partial charge in [0.2, 0.25) is 0 Å². The number of carbonyl (C=O) groups is 1. The van der Waals surface area contributed by atoms with Crippen LogP contribution in [0, 0.1) is 0 Å². The summed E-state index contributed by atoms with van der Waals surface area (Å²) < 4.78 is 6.48. The third kappa shape index (κ3) is 4.69. The van der Waals surface area contributed by atoms with E-state index in [4.69, 9.17) is 4.74 Å². The number of benzene rings is 1. The lowest BCUT2D eigenvalue weighted by atomic mass is 10.2. The highest BCUT2D eigenvalue weighted by Crippen LogP contribution is 2.20. The topological polar surface area (TPSA) is 53.0 Å². The number of carbonyl (C=O) groups excluding carboxylic acids is 1. The maximum atomic E-state index is 12.3. The molecule has 5 nitrogen and oxygen atoms in total. The van der Waals surface area contributed by atoms with E-state index < -0.39 is 6.10 Å². The Morgan fingerprint density at radius 2 is 2.10 bits per heavy atom. The Hall–Kier alpha value is -1.11. The first-order chi connectivity index (χ1) is 9.95. The zero-order chi connectivity index (χ0) is 15.4. The summed E-state index contributed by atoms with van der Waals surface area (Å²) in [6.45, 7) is 1.14. The van der Waals surface area contributed by atoms with Crippen LogP contribution in [0.1, 0.15) is 6.42 Å². The highest BCUT2D eigenvalue weighted by molar-refractivity contribution is 9.10. The maximum absolute atomic E-state index is 12.3. The van der Waals surface area contributed by atoms with Crippen molar-refractivity contribution >= 4 is 21.8 Å². The smallest absolute Gasteiger partial charge is 0.260 e. The molecule has 0 radical (unpaired) electrons. The predicted molar refractivity (Wildman–Crippen MR) is 84.3 cm³/mol. The molecular weight excluding hydrogens is 336 g/mol. The summed E-state index contributed by atoms with van der Waals surface area (Å²) in [6, 6.07) is 7.42. The van der Waals surface area contributed by atoms with Gasteiger partial charge in [-0.3, -0.25) is 4.79 Å². The van der Waals surface area contributed by atoms with Crippen molar-refractivity contribution in [2.75, 3.05) is 33.8 Å². The normalized spacial score (nSPS) is 21.9. The average molecular weight is 357 g/mol. The number of aliphatic hydroxyl groups excluding tert-OH is 1. The Bertz CT molecular complexity index is 478. The zero-order valence-electron chi connectivity index (χ0n) is 12.3. The van der Waals surface area contributed by atoms with Gasteiger partial charge in [0.15, 0.2) is 6.61 Å². The third-order valence-corrected chi connectivity index (χ3v) is 3.99. The van der Waals surface area contributed by atoms with Crippen molar-refractivity contribution in [3.63, 3.8) is 0 Å². The summed E-state index contributed by atoms with van der Waals surface area (Å²) >= 11 is 3.35. The number of likely N-dealkylation sites (N-methyl/N-ethyl adjacent to an activating group) is 1. The number of ether oxygens (including phenoxy) is 1. The van der Waals surface area contributed by atoms with Crippen LogP contribution >= 0.6 is 15.9 Å². The van der Waals surface area contributed by atoms with E-state index in [-0.39, 0.29) is 18.6 Å². The van der Waals surface area contributed by atoms with E-state index in [1.54, 1.807) is 4.90 Å². The van der Waals surface area contributed by atoms with Crippen molar-refractivity contribution in [2.45, 2.75) is 18.6 Å². The van der Waals surface area contributed by atoms with Gasteiger partial charge in [0.1, 0.15) is 5.75 Å². The minimum atomic E-state index is -0.438. The minimum Gasteiger partial charge on any atom is -0.484 e. The summed E-state index contributed by atoms with van der Waals surface area (Å²) in [5, 5.41) is 9.79. The van der Waals surface area contributed by atoms with Crippen LogP contribution in [0.4, 0.5) is 0 Å². The molecule has 0 saturated carbocycles. The second-order valence-corrected chi connectivity index (χ2v) is 6.51. The van der Waals surface area contributed by atoms with E-state index in [2.05, 4.69) is 15.9 Å². The fraction of sp³-hybridized carbons (Fsp3) is 0.533. The summed E-state index contributed by atoms with van der Waals surface area (Å²) in [5.74, 6) is 0.580. The lowest BCUT2D eigenvalue weighted by Gasteiger charge is -2.26. The molecule has 1 amide bonds. The number of amides is 1. The number of hydrogen-bond acceptors (Lipinski definition) is 4. The molecule has 0 aliphatic carbocycles. The highest BCUT2D eigenvalue weighted by atomic mass is 79.9. The van der Waals surface area contributed by atoms with Crippen LogP contribution in [-0.4, -0.2) is 66.8 Å². The fourth-order valence-corrected chi connectivity index (χ4v) is 2.82. The van der Waals surface area contributed by atoms with Gasteiger partial charge in [-0.1, -0.05) is 15.9 Å². The zero-order valence-corrected chi connectivity index (χ0v) is 13.9. The van der Waals surface area contributed by atoms with E-state index in [0.29, 0.717) is 18.7 Å². The Kier molecular flexibility index (Phi) is 5.61. The van der Waals surface area contributed by atoms with Crippen LogP contribution < -0.4 is 4.74 Å². The van der Waals surface area contributed by atoms with Gasteiger partial charge in [0, 0.05) is 23.6 Å². The molecule has 1 fully saturated rings. The molecule has 1 aliphatic rings. The van der Waals surface area contributed by atoms with Gasteiger partial charge in [-0.15, -0.1) is 0 Å². The molecule has 1 N–H and O–H groups in total. The molecule has 1 aromatic carbocycles. The second kappa shape index (κ2) is 7.24. The molecule has 2 rings (SSSR count). The van der Waals surface area contributed by atoms with Crippen molar-refractivity contribution < 1.29 is 14.6 Å². The van der Waals surface area contributed by atoms with Crippen molar-refractivity contribution in [1.82, 2.24) is 9.80 Å². The number of hydrogen-bond donors (Lipinski definition) is 1. The van der Waals surface area contributed by atoms with Gasteiger partial charge in [0.25, 0.3) is 5.91 Å². The first kappa shape index (κ1) is 16.3. The lowest BCUT2D eigenvalue weighted by Crippen LogP contribution is -2.43. The molecule has 1 aromatic rings. The van der Waals surface area contributed by atoms with Gasteiger partial charge in [-0.05, 0) is 44.8 Å². The van der Waals surface area contributed by atoms with Gasteiger partial charge >= 0.3 is 0 Å². The van der Waals surface area contributed by atoms with Crippen molar-refractivity contribution in [1.29, 1.82) is 0 Å². The van der Waals surface area contributed by atoms with E-state index in [0.717, 1.165) is 11.0 Å². The number of nitrogens with zero attached hydrogens (tertiary/aromatic N) is 2. The molecule has 0 bridgehead atoms. The Labute approximate surface area is 133 Å². The molecule has 21 heavy (non-hydrogen) atoms. The summed E-state index contributed by atoms with van der Waals surface area (Å²) in [5.41, 5.74) is 0. The molecule has 0 spiro atoms. The fourth-order valence-electron chi connectivity index (χ4n) is 2.55. The van der Waals surface area contributed by atoms with Crippen LogP contribution in [0.15, 0.2) is 28.7 Å². The Morgan fingerprint density at radius 3 is 2.71 bits per heavy atom. The largest absolute Gasteiger partial charge is 0.484 e. The number of likely N-dealkylation sites (tertiary alicyclic amines) is 1. The first-order valence-corrected chi connectivity index (χ1v) is 7.75. The second-order valence-electron chi connectivity index (χ2n) is 5.59. The monoisotopic (exact) mass is 356 g/mol. The standard InChI is InChI=1S/C15H21BrN2O3/c1-17(2)8-12-7-13(19)9-18(12)15(20)10-21-14-5-3-11(16)4-6-14/h3-6,12-13,19H,7-10H2,1-2H3. The van der Waals surface area contributed by atoms with Crippen LogP contribution in [0.25, 0.3) is 0 Å². The SMILES string of the molecule is CN(C)CC1CC(O)CN1C(=O)COc1ccc(Br)cc1. The molecule has 1 heterocycles. The molecular formula is C15H21BrN2O3. The van der Waals surface area contributed by atoms with Gasteiger partial charge in [0.05, 0.1) is 6.10 Å². The number of β-amino-alcohol motifs (C(OH)–C–C–N with tert-alkyl or cyclic N) is 1. The molecule has 2 atom stereocenters. The van der Waals surface area contributed by atoms with Crippen LogP contribution in [0.2, 0.25) is 0 Å². The molecule has 1 aliphatic heterocycles. The Morgan fingerprint density at radius 1 is 1.43 bits per heavy atom. The van der Waals surface area contributed by atoms with Gasteiger partial charge in [-0.25, -0.2) is 0 Å². The van der Waals surface area contributed by atoms with Crippen LogP contribution in [0.3, 0.4) is 0 Å². The molecule has 6 heteroatoms. The average Bonchev–Trinajstić information content (AvgIpc) is 2.78. The van der Waals surface area contributed by atoms with Gasteiger partial charge < -0.3 is 19.6 Å². The highest BCUT2D eigenvalue weighted by Gasteiger charge is 2.34. The van der Waals surface area contributed by atoms with Crippen LogP contribution in [0.5, 0.6) is 5.75 Å². The van der Waals surface area contributed by atoms with Crippen molar-refractivity contribution in [2.24, 2.45) is 0 Å². The van der Waals surface area contributed by atoms with E-state index in [9.17, 15) is 9.90 Å². The molecule has 2 unspecified atom stereocenters. The molecule has 116 valence electrons. The summed E-state index contributed by atoms with van der Waals surface area (Å²) in [6.07, 6.45) is 0.189. The van der Waals surface area contributed by atoms with Crippen LogP contribution in [-0.2, 0) is 4.79 Å². The van der Waals surface area contributed by atoms with Crippen molar-refractivity contribution in [3.8, 4) is 5.75 Å². The Balaban J connectivity index is 1.90. The maximum Gasteiger partial charge on any atom is 0.260 e. The van der Waals surface area contributed by atoms with Gasteiger partial charge in [-0.2, -0.15) is 0 Å². The first-order valence-electron chi connectivity index (χ1n) is 6.96. The summed E-state index contributed by atoms with van der Waals surface area (Å²) in [7, 11) is 3.93.